The van der Waals surface area contributed by atoms with Gasteiger partial charge in [0, 0.05) is 36.7 Å². The molecule has 104 valence electrons. The fourth-order valence-electron chi connectivity index (χ4n) is 1.82. The van der Waals surface area contributed by atoms with E-state index in [4.69, 9.17) is 29.6 Å². The van der Waals surface area contributed by atoms with E-state index >= 15 is 0 Å². The van der Waals surface area contributed by atoms with Crippen LogP contribution in [0.1, 0.15) is 5.56 Å². The van der Waals surface area contributed by atoms with Crippen molar-refractivity contribution >= 4 is 45.9 Å². The number of nitrogens with zero attached hydrogens (tertiary/aromatic N) is 1. The van der Waals surface area contributed by atoms with Gasteiger partial charge in [-0.3, -0.25) is 0 Å². The van der Waals surface area contributed by atoms with Crippen LogP contribution in [0, 0.1) is 0 Å². The van der Waals surface area contributed by atoms with Crippen molar-refractivity contribution in [2.24, 2.45) is 5.73 Å². The van der Waals surface area contributed by atoms with Crippen LogP contribution in [-0.2, 0) is 0 Å². The molecule has 0 saturated carbocycles. The normalized spacial score (nSPS) is 10.2. The van der Waals surface area contributed by atoms with E-state index in [0.29, 0.717) is 15.6 Å². The Morgan fingerprint density at radius 2 is 1.85 bits per heavy atom. The maximum absolute atomic E-state index is 6.16. The average molecular weight is 306 g/mol. The standard InChI is InChI=1S/C15H16ClN3S/c1-19(2)12-5-3-4-10(8-12)18-11-6-7-13(15(17)20)14(16)9-11/h3-9,18H,1-2H3,(H2,17,20). The molecule has 0 saturated heterocycles. The second-order valence-corrected chi connectivity index (χ2v) is 5.48. The number of thiocarbonyl (C=S) groups is 1. The van der Waals surface area contributed by atoms with Gasteiger partial charge in [0.1, 0.15) is 4.99 Å². The summed E-state index contributed by atoms with van der Waals surface area (Å²) in [6, 6.07) is 13.7. The van der Waals surface area contributed by atoms with Crippen LogP contribution in [0.3, 0.4) is 0 Å². The third-order valence-corrected chi connectivity index (χ3v) is 3.42. The van der Waals surface area contributed by atoms with Gasteiger partial charge in [-0.25, -0.2) is 0 Å². The summed E-state index contributed by atoms with van der Waals surface area (Å²) in [4.78, 5) is 2.35. The minimum absolute atomic E-state index is 0.302. The smallest absolute Gasteiger partial charge is 0.105 e. The van der Waals surface area contributed by atoms with E-state index in [9.17, 15) is 0 Å². The molecule has 20 heavy (non-hydrogen) atoms. The van der Waals surface area contributed by atoms with Crippen molar-refractivity contribution in [3.63, 3.8) is 0 Å². The first-order chi connectivity index (χ1) is 9.47. The third-order valence-electron chi connectivity index (χ3n) is 2.89. The van der Waals surface area contributed by atoms with Gasteiger partial charge >= 0.3 is 0 Å². The molecular weight excluding hydrogens is 290 g/mol. The zero-order chi connectivity index (χ0) is 14.7. The highest BCUT2D eigenvalue weighted by Crippen LogP contribution is 2.25. The van der Waals surface area contributed by atoms with E-state index in [1.165, 1.54) is 0 Å². The Morgan fingerprint density at radius 1 is 1.15 bits per heavy atom. The highest BCUT2D eigenvalue weighted by atomic mass is 35.5. The summed E-state index contributed by atoms with van der Waals surface area (Å²) >= 11 is 11.1. The van der Waals surface area contributed by atoms with Crippen molar-refractivity contribution < 1.29 is 0 Å². The summed E-state index contributed by atoms with van der Waals surface area (Å²) in [6.45, 7) is 0. The quantitative estimate of drug-likeness (QED) is 0.843. The number of hydrogen-bond acceptors (Lipinski definition) is 3. The summed E-state index contributed by atoms with van der Waals surface area (Å²) in [7, 11) is 4.01. The Morgan fingerprint density at radius 3 is 2.45 bits per heavy atom. The lowest BCUT2D eigenvalue weighted by Gasteiger charge is -2.15. The predicted molar refractivity (Wildman–Crippen MR) is 91.4 cm³/mol. The SMILES string of the molecule is CN(C)c1cccc(Nc2ccc(C(N)=S)c(Cl)c2)c1. The fraction of sp³-hybridized carbons (Fsp3) is 0.133. The molecule has 0 atom stereocenters. The van der Waals surface area contributed by atoms with Crippen molar-refractivity contribution in [3.05, 3.63) is 53.1 Å². The van der Waals surface area contributed by atoms with Crippen LogP contribution in [-0.4, -0.2) is 19.1 Å². The van der Waals surface area contributed by atoms with Crippen LogP contribution < -0.4 is 16.0 Å². The van der Waals surface area contributed by atoms with Crippen LogP contribution in [0.5, 0.6) is 0 Å². The molecular formula is C15H16ClN3S. The van der Waals surface area contributed by atoms with E-state index in [0.717, 1.165) is 17.1 Å². The summed E-state index contributed by atoms with van der Waals surface area (Å²) in [5.74, 6) is 0. The van der Waals surface area contributed by atoms with Crippen molar-refractivity contribution in [2.45, 2.75) is 0 Å². The minimum atomic E-state index is 0.302. The molecule has 0 spiro atoms. The third kappa shape index (κ3) is 3.40. The van der Waals surface area contributed by atoms with Crippen LogP contribution in [0.4, 0.5) is 17.1 Å². The number of rotatable bonds is 4. The van der Waals surface area contributed by atoms with Gasteiger partial charge in [-0.15, -0.1) is 0 Å². The highest BCUT2D eigenvalue weighted by molar-refractivity contribution is 7.80. The van der Waals surface area contributed by atoms with E-state index < -0.39 is 0 Å². The van der Waals surface area contributed by atoms with E-state index in [-0.39, 0.29) is 0 Å². The van der Waals surface area contributed by atoms with Crippen LogP contribution >= 0.6 is 23.8 Å². The molecule has 0 heterocycles. The van der Waals surface area contributed by atoms with Crippen molar-refractivity contribution in [2.75, 3.05) is 24.3 Å². The summed E-state index contributed by atoms with van der Waals surface area (Å²) in [5.41, 5.74) is 9.30. The molecule has 0 unspecified atom stereocenters. The van der Waals surface area contributed by atoms with E-state index in [1.807, 2.05) is 55.4 Å². The zero-order valence-corrected chi connectivity index (χ0v) is 12.9. The first-order valence-corrected chi connectivity index (χ1v) is 6.90. The topological polar surface area (TPSA) is 41.3 Å². The molecule has 3 nitrogen and oxygen atoms in total. The van der Waals surface area contributed by atoms with Crippen molar-refractivity contribution in [1.29, 1.82) is 0 Å². The first-order valence-electron chi connectivity index (χ1n) is 6.11. The monoisotopic (exact) mass is 305 g/mol. The van der Waals surface area contributed by atoms with Gasteiger partial charge in [0.2, 0.25) is 0 Å². The molecule has 0 fully saturated rings. The molecule has 0 aromatic heterocycles. The lowest BCUT2D eigenvalue weighted by molar-refractivity contribution is 1.13. The summed E-state index contributed by atoms with van der Waals surface area (Å²) in [5, 5.41) is 3.86. The zero-order valence-electron chi connectivity index (χ0n) is 11.4. The maximum Gasteiger partial charge on any atom is 0.105 e. The average Bonchev–Trinajstić information content (AvgIpc) is 2.38. The number of anilines is 3. The van der Waals surface area contributed by atoms with Crippen LogP contribution in [0.2, 0.25) is 5.02 Å². The predicted octanol–water partition coefficient (Wildman–Crippen LogP) is 3.78. The number of nitrogens with two attached hydrogens (primary N) is 1. The van der Waals surface area contributed by atoms with Gasteiger partial charge in [-0.2, -0.15) is 0 Å². The van der Waals surface area contributed by atoms with Gasteiger partial charge in [-0.05, 0) is 36.4 Å². The largest absolute Gasteiger partial charge is 0.389 e. The van der Waals surface area contributed by atoms with Gasteiger partial charge in [0.25, 0.3) is 0 Å². The lowest BCUT2D eigenvalue weighted by atomic mass is 10.2. The molecule has 0 aliphatic rings. The van der Waals surface area contributed by atoms with Crippen LogP contribution in [0.15, 0.2) is 42.5 Å². The van der Waals surface area contributed by atoms with Gasteiger partial charge in [0.15, 0.2) is 0 Å². The highest BCUT2D eigenvalue weighted by Gasteiger charge is 2.05. The Labute approximate surface area is 129 Å². The molecule has 0 radical (unpaired) electrons. The first kappa shape index (κ1) is 14.6. The molecule has 5 heteroatoms. The Balaban J connectivity index is 2.24. The number of hydrogen-bond donors (Lipinski definition) is 2. The second kappa shape index (κ2) is 6.11. The van der Waals surface area contributed by atoms with Crippen LogP contribution in [0.25, 0.3) is 0 Å². The number of nitrogens with one attached hydrogen (secondary N) is 1. The lowest BCUT2D eigenvalue weighted by Crippen LogP contribution is -2.10. The second-order valence-electron chi connectivity index (χ2n) is 4.63. The molecule has 2 aromatic rings. The van der Waals surface area contributed by atoms with E-state index in [2.05, 4.69) is 11.4 Å². The van der Waals surface area contributed by atoms with E-state index in [1.54, 1.807) is 0 Å². The molecule has 3 N–H and O–H groups in total. The number of halogens is 1. The molecule has 0 bridgehead atoms. The fourth-order valence-corrected chi connectivity index (χ4v) is 2.34. The van der Waals surface area contributed by atoms with Gasteiger partial charge in [0.05, 0.1) is 5.02 Å². The van der Waals surface area contributed by atoms with Crippen molar-refractivity contribution in [1.82, 2.24) is 0 Å². The molecule has 0 aliphatic heterocycles. The summed E-state index contributed by atoms with van der Waals surface area (Å²) < 4.78 is 0. The molecule has 2 aromatic carbocycles. The Hall–Kier alpha value is -1.78. The summed E-state index contributed by atoms with van der Waals surface area (Å²) in [6.07, 6.45) is 0. The maximum atomic E-state index is 6.16. The van der Waals surface area contributed by atoms with Crippen molar-refractivity contribution in [3.8, 4) is 0 Å². The minimum Gasteiger partial charge on any atom is -0.389 e. The van der Waals surface area contributed by atoms with Gasteiger partial charge in [-0.1, -0.05) is 29.9 Å². The molecule has 0 aliphatic carbocycles. The Bertz CT molecular complexity index is 641. The number of benzene rings is 2. The Kier molecular flexibility index (Phi) is 4.47. The molecule has 0 amide bonds. The van der Waals surface area contributed by atoms with Gasteiger partial charge < -0.3 is 16.0 Å². The molecule has 2 rings (SSSR count).